The fourth-order valence-electron chi connectivity index (χ4n) is 3.80. The van der Waals surface area contributed by atoms with E-state index in [1.807, 2.05) is 36.4 Å². The number of para-hydroxylation sites is 1. The molecule has 1 fully saturated rings. The Bertz CT molecular complexity index is 1040. The number of fused-ring (bicyclic) bond motifs is 1. The molecule has 0 radical (unpaired) electrons. The molecule has 2 heterocycles. The Labute approximate surface area is 163 Å². The molecule has 1 aliphatic heterocycles. The van der Waals surface area contributed by atoms with Crippen molar-refractivity contribution in [3.8, 4) is 0 Å². The van der Waals surface area contributed by atoms with Gasteiger partial charge in [-0.25, -0.2) is 9.18 Å². The molecule has 3 aromatic rings. The highest BCUT2D eigenvalue weighted by Gasteiger charge is 2.23. The maximum absolute atomic E-state index is 13.9. The predicted molar refractivity (Wildman–Crippen MR) is 111 cm³/mol. The van der Waals surface area contributed by atoms with E-state index in [9.17, 15) is 9.18 Å². The second kappa shape index (κ2) is 8.40. The average Bonchev–Trinajstić information content (AvgIpc) is 2.72. The van der Waals surface area contributed by atoms with E-state index >= 15 is 0 Å². The Morgan fingerprint density at radius 2 is 1.86 bits per heavy atom. The molecule has 0 atom stereocenters. The van der Waals surface area contributed by atoms with Crippen LogP contribution in [0.5, 0.6) is 0 Å². The summed E-state index contributed by atoms with van der Waals surface area (Å²) in [5, 5.41) is 4.30. The van der Waals surface area contributed by atoms with Gasteiger partial charge >= 0.3 is 5.63 Å². The number of anilines is 1. The summed E-state index contributed by atoms with van der Waals surface area (Å²) in [6.45, 7) is 2.47. The van der Waals surface area contributed by atoms with Crippen LogP contribution in [0, 0.1) is 5.82 Å². The number of halogens is 1. The SMILES string of the molecule is O=c1cc(N(CC=Cc2ccccc2F)C2CCNCC2)c2ccccc2o1. The summed E-state index contributed by atoms with van der Waals surface area (Å²) in [6, 6.07) is 16.2. The molecule has 2 aromatic carbocycles. The molecule has 0 unspecified atom stereocenters. The van der Waals surface area contributed by atoms with Crippen molar-refractivity contribution in [2.24, 2.45) is 0 Å². The van der Waals surface area contributed by atoms with Crippen LogP contribution in [0.3, 0.4) is 0 Å². The molecule has 1 aliphatic rings. The number of hydrogen-bond donors (Lipinski definition) is 1. The van der Waals surface area contributed by atoms with Crippen molar-refractivity contribution in [2.75, 3.05) is 24.5 Å². The van der Waals surface area contributed by atoms with Gasteiger partial charge in [0.25, 0.3) is 0 Å². The maximum Gasteiger partial charge on any atom is 0.338 e. The molecule has 144 valence electrons. The number of nitrogens with zero attached hydrogens (tertiary/aromatic N) is 1. The third-order valence-electron chi connectivity index (χ3n) is 5.19. The zero-order valence-electron chi connectivity index (χ0n) is 15.6. The van der Waals surface area contributed by atoms with E-state index in [1.165, 1.54) is 6.07 Å². The van der Waals surface area contributed by atoms with E-state index in [4.69, 9.17) is 4.42 Å². The summed E-state index contributed by atoms with van der Waals surface area (Å²) in [5.41, 5.74) is 1.66. The third-order valence-corrected chi connectivity index (χ3v) is 5.19. The predicted octanol–water partition coefficient (Wildman–Crippen LogP) is 4.20. The van der Waals surface area contributed by atoms with Gasteiger partial charge in [0.2, 0.25) is 0 Å². The molecule has 1 saturated heterocycles. The Morgan fingerprint density at radius 3 is 2.68 bits per heavy atom. The molecule has 28 heavy (non-hydrogen) atoms. The number of piperidine rings is 1. The zero-order chi connectivity index (χ0) is 19.3. The van der Waals surface area contributed by atoms with Crippen molar-refractivity contribution in [3.05, 3.63) is 82.5 Å². The van der Waals surface area contributed by atoms with Gasteiger partial charge in [0.05, 0.1) is 5.69 Å². The first-order valence-corrected chi connectivity index (χ1v) is 9.64. The van der Waals surface area contributed by atoms with Crippen LogP contribution in [-0.2, 0) is 0 Å². The number of rotatable bonds is 5. The Balaban J connectivity index is 1.70. The van der Waals surface area contributed by atoms with Gasteiger partial charge < -0.3 is 14.6 Å². The van der Waals surface area contributed by atoms with Crippen molar-refractivity contribution in [1.29, 1.82) is 0 Å². The van der Waals surface area contributed by atoms with Crippen LogP contribution in [0.25, 0.3) is 17.0 Å². The van der Waals surface area contributed by atoms with E-state index in [0.29, 0.717) is 23.7 Å². The molecule has 4 nitrogen and oxygen atoms in total. The highest BCUT2D eigenvalue weighted by atomic mass is 19.1. The molecule has 0 saturated carbocycles. The Morgan fingerprint density at radius 1 is 1.11 bits per heavy atom. The Hall–Kier alpha value is -2.92. The van der Waals surface area contributed by atoms with Gasteiger partial charge in [-0.1, -0.05) is 42.5 Å². The zero-order valence-corrected chi connectivity index (χ0v) is 15.6. The van der Waals surface area contributed by atoms with Crippen LogP contribution < -0.4 is 15.8 Å². The van der Waals surface area contributed by atoms with Crippen molar-refractivity contribution in [3.63, 3.8) is 0 Å². The van der Waals surface area contributed by atoms with Crippen LogP contribution in [0.1, 0.15) is 18.4 Å². The molecule has 0 aliphatic carbocycles. The van der Waals surface area contributed by atoms with Gasteiger partial charge in [0.1, 0.15) is 11.4 Å². The maximum atomic E-state index is 13.9. The van der Waals surface area contributed by atoms with E-state index in [0.717, 1.165) is 37.0 Å². The second-order valence-corrected chi connectivity index (χ2v) is 7.00. The lowest BCUT2D eigenvalue weighted by atomic mass is 10.0. The highest BCUT2D eigenvalue weighted by molar-refractivity contribution is 5.90. The summed E-state index contributed by atoms with van der Waals surface area (Å²) in [4.78, 5) is 14.4. The van der Waals surface area contributed by atoms with Crippen molar-refractivity contribution in [1.82, 2.24) is 5.32 Å². The van der Waals surface area contributed by atoms with Gasteiger partial charge in [0.15, 0.2) is 0 Å². The molecule has 1 aromatic heterocycles. The van der Waals surface area contributed by atoms with E-state index in [1.54, 1.807) is 24.3 Å². The molecule has 4 rings (SSSR count). The summed E-state index contributed by atoms with van der Waals surface area (Å²) in [6.07, 6.45) is 5.74. The summed E-state index contributed by atoms with van der Waals surface area (Å²) >= 11 is 0. The lowest BCUT2D eigenvalue weighted by Crippen LogP contribution is -2.43. The van der Waals surface area contributed by atoms with Crippen molar-refractivity contribution < 1.29 is 8.81 Å². The number of hydrogen-bond acceptors (Lipinski definition) is 4. The summed E-state index contributed by atoms with van der Waals surface area (Å²) in [5.74, 6) is -0.238. The minimum atomic E-state index is -0.356. The minimum Gasteiger partial charge on any atom is -0.423 e. The van der Waals surface area contributed by atoms with Gasteiger partial charge in [-0.05, 0) is 44.1 Å². The average molecular weight is 378 g/mol. The summed E-state index contributed by atoms with van der Waals surface area (Å²) < 4.78 is 19.3. The standard InChI is InChI=1S/C23H23FN2O2/c24-20-9-3-1-6-17(20)7-5-15-26(18-11-13-25-14-12-18)21-16-23(27)28-22-10-4-2-8-19(21)22/h1-10,16,18,25H,11-15H2. The largest absolute Gasteiger partial charge is 0.423 e. The third kappa shape index (κ3) is 3.99. The first-order valence-electron chi connectivity index (χ1n) is 9.64. The smallest absolute Gasteiger partial charge is 0.338 e. The van der Waals surface area contributed by atoms with Crippen LogP contribution in [0.15, 0.2) is 69.9 Å². The fourth-order valence-corrected chi connectivity index (χ4v) is 3.80. The van der Waals surface area contributed by atoms with Gasteiger partial charge in [-0.15, -0.1) is 0 Å². The molecule has 0 spiro atoms. The van der Waals surface area contributed by atoms with Gasteiger partial charge in [-0.3, -0.25) is 0 Å². The van der Waals surface area contributed by atoms with Crippen LogP contribution in [0.2, 0.25) is 0 Å². The fraction of sp³-hybridized carbons (Fsp3) is 0.261. The number of nitrogens with one attached hydrogen (secondary N) is 1. The van der Waals surface area contributed by atoms with Crippen molar-refractivity contribution in [2.45, 2.75) is 18.9 Å². The lowest BCUT2D eigenvalue weighted by Gasteiger charge is -2.36. The monoisotopic (exact) mass is 378 g/mol. The number of benzene rings is 2. The van der Waals surface area contributed by atoms with E-state index in [-0.39, 0.29) is 11.4 Å². The molecule has 5 heteroatoms. The molecule has 0 amide bonds. The van der Waals surface area contributed by atoms with E-state index < -0.39 is 0 Å². The topological polar surface area (TPSA) is 45.5 Å². The van der Waals surface area contributed by atoms with Gasteiger partial charge in [-0.2, -0.15) is 0 Å². The summed E-state index contributed by atoms with van der Waals surface area (Å²) in [7, 11) is 0. The molecular weight excluding hydrogens is 355 g/mol. The molecule has 1 N–H and O–H groups in total. The van der Waals surface area contributed by atoms with Gasteiger partial charge in [0, 0.05) is 29.6 Å². The van der Waals surface area contributed by atoms with Crippen LogP contribution in [-0.4, -0.2) is 25.7 Å². The van der Waals surface area contributed by atoms with E-state index in [2.05, 4.69) is 10.2 Å². The van der Waals surface area contributed by atoms with Crippen LogP contribution in [0.4, 0.5) is 10.1 Å². The minimum absolute atomic E-state index is 0.238. The lowest BCUT2D eigenvalue weighted by molar-refractivity contribution is 0.437. The Kier molecular flexibility index (Phi) is 5.53. The molecule has 0 bridgehead atoms. The first kappa shape index (κ1) is 18.4. The second-order valence-electron chi connectivity index (χ2n) is 7.00. The first-order chi connectivity index (χ1) is 13.7. The van der Waals surface area contributed by atoms with Crippen LogP contribution >= 0.6 is 0 Å². The molecular formula is C23H23FN2O2. The highest BCUT2D eigenvalue weighted by Crippen LogP contribution is 2.29. The van der Waals surface area contributed by atoms with Crippen molar-refractivity contribution >= 4 is 22.7 Å². The quantitative estimate of drug-likeness (QED) is 0.676. The normalized spacial score (nSPS) is 15.3.